The molecule has 0 aliphatic carbocycles. The van der Waals surface area contributed by atoms with E-state index >= 15 is 0 Å². The smallest absolute Gasteiger partial charge is 0.407 e. The number of aliphatic hydroxyl groups excluding tert-OH is 1. The third-order valence-corrected chi connectivity index (χ3v) is 6.97. The number of phenols is 1. The lowest BCUT2D eigenvalue weighted by Crippen LogP contribution is -2.35. The minimum Gasteiger partial charge on any atom is -0.508 e. The number of benzene rings is 3. The van der Waals surface area contributed by atoms with Crippen molar-refractivity contribution in [3.63, 3.8) is 0 Å². The highest BCUT2D eigenvalue weighted by Gasteiger charge is 2.20. The zero-order chi connectivity index (χ0) is 23.3. The number of hydrogen-bond donors (Lipinski definition) is 3. The summed E-state index contributed by atoms with van der Waals surface area (Å²) in [7, 11) is -3.73. The van der Waals surface area contributed by atoms with Crippen LogP contribution in [0.5, 0.6) is 5.75 Å². The molecular formula is C23H22ClNO6S. The van der Waals surface area contributed by atoms with E-state index in [9.17, 15) is 28.5 Å². The fraction of sp³-hybridized carbons (Fsp3) is 0.174. The third kappa shape index (κ3) is 5.79. The summed E-state index contributed by atoms with van der Waals surface area (Å²) in [6.45, 7) is 0.00000864. The second kappa shape index (κ2) is 10.0. The number of sulfone groups is 1. The number of phenolic OH excluding ortho intramolecular Hbond substituents is 1. The van der Waals surface area contributed by atoms with E-state index < -0.39 is 22.0 Å². The van der Waals surface area contributed by atoms with Crippen LogP contribution in [0.25, 0.3) is 0 Å². The summed E-state index contributed by atoms with van der Waals surface area (Å²) in [5, 5.41) is 29.6. The topological polar surface area (TPSA) is 115 Å². The van der Waals surface area contributed by atoms with Crippen LogP contribution in [0.2, 0.25) is 5.02 Å². The minimum absolute atomic E-state index is 0.0252. The maximum absolute atomic E-state index is 12.7. The van der Waals surface area contributed by atoms with E-state index in [1.54, 1.807) is 36.4 Å². The zero-order valence-corrected chi connectivity index (χ0v) is 18.5. The molecule has 168 valence electrons. The van der Waals surface area contributed by atoms with Crippen molar-refractivity contribution in [1.29, 1.82) is 0 Å². The highest BCUT2D eigenvalue weighted by molar-refractivity contribution is 7.91. The molecule has 0 aliphatic rings. The SMILES string of the molecule is O=C(O)N(CCc1ccc(S(=O)(=O)c2ccc(O)cc2)cc1)C[C@H](O)c1cccc(Cl)c1. The number of carboxylic acid groups (broad SMARTS) is 1. The summed E-state index contributed by atoms with van der Waals surface area (Å²) in [6, 6.07) is 18.0. The lowest BCUT2D eigenvalue weighted by molar-refractivity contribution is 0.0973. The lowest BCUT2D eigenvalue weighted by atomic mass is 10.1. The van der Waals surface area contributed by atoms with Crippen molar-refractivity contribution in [2.75, 3.05) is 13.1 Å². The fourth-order valence-electron chi connectivity index (χ4n) is 3.15. The molecule has 0 heterocycles. The van der Waals surface area contributed by atoms with Crippen LogP contribution in [0.1, 0.15) is 17.2 Å². The monoisotopic (exact) mass is 475 g/mol. The molecule has 0 bridgehead atoms. The Bertz CT molecular complexity index is 1180. The van der Waals surface area contributed by atoms with Gasteiger partial charge in [-0.25, -0.2) is 13.2 Å². The van der Waals surface area contributed by atoms with Gasteiger partial charge < -0.3 is 20.2 Å². The van der Waals surface area contributed by atoms with Crippen LogP contribution in [-0.2, 0) is 16.3 Å². The third-order valence-electron chi connectivity index (χ3n) is 4.95. The molecule has 3 N–H and O–H groups in total. The second-order valence-electron chi connectivity index (χ2n) is 7.19. The van der Waals surface area contributed by atoms with Gasteiger partial charge in [-0.05, 0) is 66.1 Å². The molecule has 3 rings (SSSR count). The van der Waals surface area contributed by atoms with E-state index in [4.69, 9.17) is 11.6 Å². The second-order valence-corrected chi connectivity index (χ2v) is 9.58. The average molecular weight is 476 g/mol. The molecule has 0 aliphatic heterocycles. The molecule has 1 amide bonds. The van der Waals surface area contributed by atoms with Gasteiger partial charge in [0.05, 0.1) is 22.4 Å². The Labute approximate surface area is 191 Å². The summed E-state index contributed by atoms with van der Waals surface area (Å²) in [4.78, 5) is 12.9. The van der Waals surface area contributed by atoms with Gasteiger partial charge in [0.2, 0.25) is 9.84 Å². The first-order valence-electron chi connectivity index (χ1n) is 9.71. The van der Waals surface area contributed by atoms with E-state index in [-0.39, 0.29) is 28.6 Å². The van der Waals surface area contributed by atoms with E-state index in [1.807, 2.05) is 0 Å². The standard InChI is InChI=1S/C23H22ClNO6S/c24-18-3-1-2-17(14-18)22(27)15-25(23(28)29)13-12-16-4-8-20(9-5-16)32(30,31)21-10-6-19(26)7-11-21/h1-11,14,22,26-27H,12-13,15H2,(H,28,29)/t22-/m0/s1. The normalized spacial score (nSPS) is 12.3. The molecule has 3 aromatic carbocycles. The van der Waals surface area contributed by atoms with E-state index in [2.05, 4.69) is 0 Å². The lowest BCUT2D eigenvalue weighted by Gasteiger charge is -2.23. The molecule has 7 nitrogen and oxygen atoms in total. The molecule has 0 fully saturated rings. The predicted molar refractivity (Wildman–Crippen MR) is 120 cm³/mol. The number of aromatic hydroxyl groups is 1. The molecule has 0 unspecified atom stereocenters. The quantitative estimate of drug-likeness (QED) is 0.451. The van der Waals surface area contributed by atoms with Crippen LogP contribution < -0.4 is 0 Å². The Morgan fingerprint density at radius 2 is 1.56 bits per heavy atom. The molecule has 9 heteroatoms. The molecule has 0 spiro atoms. The van der Waals surface area contributed by atoms with Crippen molar-refractivity contribution < 1.29 is 28.5 Å². The maximum Gasteiger partial charge on any atom is 0.407 e. The molecule has 0 saturated heterocycles. The van der Waals surface area contributed by atoms with Crippen LogP contribution in [-0.4, -0.2) is 47.8 Å². The Kier molecular flexibility index (Phi) is 7.40. The first-order valence-corrected chi connectivity index (χ1v) is 11.6. The molecular weight excluding hydrogens is 454 g/mol. The van der Waals surface area contributed by atoms with Crippen molar-refractivity contribution >= 4 is 27.5 Å². The Morgan fingerprint density at radius 3 is 2.12 bits per heavy atom. The van der Waals surface area contributed by atoms with Gasteiger partial charge in [0.1, 0.15) is 5.75 Å². The van der Waals surface area contributed by atoms with Crippen molar-refractivity contribution in [3.8, 4) is 5.75 Å². The number of hydrogen-bond acceptors (Lipinski definition) is 5. The first kappa shape index (κ1) is 23.6. The van der Waals surface area contributed by atoms with Gasteiger partial charge in [-0.2, -0.15) is 0 Å². The Hall–Kier alpha value is -3.07. The summed E-state index contributed by atoms with van der Waals surface area (Å²) < 4.78 is 25.4. The molecule has 1 atom stereocenters. The largest absolute Gasteiger partial charge is 0.508 e. The summed E-state index contributed by atoms with van der Waals surface area (Å²) in [5.41, 5.74) is 1.27. The van der Waals surface area contributed by atoms with E-state index in [0.29, 0.717) is 17.0 Å². The van der Waals surface area contributed by atoms with Crippen LogP contribution in [0, 0.1) is 0 Å². The van der Waals surface area contributed by atoms with E-state index in [0.717, 1.165) is 10.5 Å². The van der Waals surface area contributed by atoms with Crippen molar-refractivity contribution in [2.24, 2.45) is 0 Å². The van der Waals surface area contributed by atoms with Gasteiger partial charge in [0.15, 0.2) is 0 Å². The highest BCUT2D eigenvalue weighted by Crippen LogP contribution is 2.23. The minimum atomic E-state index is -3.73. The van der Waals surface area contributed by atoms with Gasteiger partial charge in [-0.15, -0.1) is 0 Å². The molecule has 0 radical (unpaired) electrons. The average Bonchev–Trinajstić information content (AvgIpc) is 2.77. The fourth-order valence-corrected chi connectivity index (χ4v) is 4.61. The Balaban J connectivity index is 1.66. The van der Waals surface area contributed by atoms with Gasteiger partial charge in [-0.1, -0.05) is 35.9 Å². The zero-order valence-electron chi connectivity index (χ0n) is 16.9. The van der Waals surface area contributed by atoms with Crippen molar-refractivity contribution in [2.45, 2.75) is 22.3 Å². The van der Waals surface area contributed by atoms with Gasteiger partial charge in [0, 0.05) is 11.6 Å². The van der Waals surface area contributed by atoms with Gasteiger partial charge in [0.25, 0.3) is 0 Å². The van der Waals surface area contributed by atoms with Crippen molar-refractivity contribution in [1.82, 2.24) is 4.90 Å². The predicted octanol–water partition coefficient (Wildman–Crippen LogP) is 4.13. The Morgan fingerprint density at radius 1 is 0.969 bits per heavy atom. The van der Waals surface area contributed by atoms with Crippen LogP contribution in [0.4, 0.5) is 4.79 Å². The molecule has 0 saturated carbocycles. The molecule has 3 aromatic rings. The van der Waals surface area contributed by atoms with Crippen LogP contribution >= 0.6 is 11.6 Å². The molecule has 32 heavy (non-hydrogen) atoms. The van der Waals surface area contributed by atoms with Crippen molar-refractivity contribution in [3.05, 3.63) is 88.9 Å². The first-order chi connectivity index (χ1) is 15.2. The van der Waals surface area contributed by atoms with Gasteiger partial charge >= 0.3 is 6.09 Å². The number of aliphatic hydroxyl groups is 1. The van der Waals surface area contributed by atoms with E-state index in [1.165, 1.54) is 36.4 Å². The van der Waals surface area contributed by atoms with Crippen LogP contribution in [0.15, 0.2) is 82.6 Å². The number of carbonyl (C=O) groups is 1. The van der Waals surface area contributed by atoms with Crippen LogP contribution in [0.3, 0.4) is 0 Å². The summed E-state index contributed by atoms with van der Waals surface area (Å²) in [6.07, 6.45) is -1.85. The number of nitrogens with zero attached hydrogens (tertiary/aromatic N) is 1. The molecule has 0 aromatic heterocycles. The highest BCUT2D eigenvalue weighted by atomic mass is 35.5. The number of amides is 1. The summed E-state index contributed by atoms with van der Waals surface area (Å²) >= 11 is 5.93. The number of rotatable bonds is 8. The van der Waals surface area contributed by atoms with Gasteiger partial charge in [-0.3, -0.25) is 0 Å². The number of halogens is 1. The summed E-state index contributed by atoms with van der Waals surface area (Å²) in [5.74, 6) is -0.0252. The maximum atomic E-state index is 12.7.